The SMILES string of the molecule is N#Cc1ccc(-c2ccc(-c3nc(-c4ccc(C56CC7C[C@H](C5)C[C@@H](C7)C6)cc4)nc(-c4ccccc4-c4ccccc4)n3)cc2)cc1. The molecule has 4 aliphatic carbocycles. The minimum Gasteiger partial charge on any atom is -0.208 e. The van der Waals surface area contributed by atoms with Crippen LogP contribution < -0.4 is 0 Å². The van der Waals surface area contributed by atoms with E-state index in [2.05, 4.69) is 103 Å². The van der Waals surface area contributed by atoms with Crippen molar-refractivity contribution in [1.82, 2.24) is 15.0 Å². The van der Waals surface area contributed by atoms with Crippen molar-refractivity contribution in [3.05, 3.63) is 139 Å². The third-order valence-corrected chi connectivity index (χ3v) is 11.2. The molecule has 0 saturated heterocycles. The van der Waals surface area contributed by atoms with E-state index in [1.165, 1.54) is 44.1 Å². The van der Waals surface area contributed by atoms with E-state index in [1.54, 1.807) is 0 Å². The van der Waals surface area contributed by atoms with Gasteiger partial charge in [0.25, 0.3) is 0 Å². The third-order valence-electron chi connectivity index (χ3n) is 11.2. The van der Waals surface area contributed by atoms with Crippen LogP contribution >= 0.6 is 0 Å². The molecule has 4 saturated carbocycles. The van der Waals surface area contributed by atoms with Crippen LogP contribution in [0.4, 0.5) is 0 Å². The summed E-state index contributed by atoms with van der Waals surface area (Å²) in [6.07, 6.45) is 8.42. The molecule has 4 fully saturated rings. The first-order chi connectivity index (χ1) is 23.6. The average Bonchev–Trinajstić information content (AvgIpc) is 3.15. The lowest BCUT2D eigenvalue weighted by atomic mass is 9.48. The van der Waals surface area contributed by atoms with Crippen molar-refractivity contribution in [3.8, 4) is 62.5 Å². The number of nitriles is 1. The molecule has 6 aromatic rings. The summed E-state index contributed by atoms with van der Waals surface area (Å²) in [5.74, 6) is 4.74. The first kappa shape index (κ1) is 28.8. The Balaban J connectivity index is 1.12. The Labute approximate surface area is 282 Å². The maximum Gasteiger partial charge on any atom is 0.164 e. The molecule has 4 heteroatoms. The van der Waals surface area contributed by atoms with E-state index in [-0.39, 0.29) is 0 Å². The number of rotatable bonds is 6. The molecule has 0 radical (unpaired) electrons. The zero-order chi connectivity index (χ0) is 32.1. The van der Waals surface area contributed by atoms with E-state index >= 15 is 0 Å². The molecule has 10 rings (SSSR count). The van der Waals surface area contributed by atoms with Gasteiger partial charge in [0.2, 0.25) is 0 Å². The quantitative estimate of drug-likeness (QED) is 0.186. The summed E-state index contributed by atoms with van der Waals surface area (Å²) in [7, 11) is 0. The summed E-state index contributed by atoms with van der Waals surface area (Å²) in [5.41, 5.74) is 9.80. The van der Waals surface area contributed by atoms with Crippen molar-refractivity contribution < 1.29 is 0 Å². The highest BCUT2D eigenvalue weighted by Crippen LogP contribution is 2.60. The van der Waals surface area contributed by atoms with Crippen LogP contribution in [0.15, 0.2) is 127 Å². The van der Waals surface area contributed by atoms with E-state index in [0.717, 1.165) is 56.7 Å². The molecule has 1 heterocycles. The van der Waals surface area contributed by atoms with Crippen LogP contribution in [0.25, 0.3) is 56.4 Å². The molecule has 0 N–H and O–H groups in total. The van der Waals surface area contributed by atoms with Gasteiger partial charge < -0.3 is 0 Å². The second kappa shape index (κ2) is 11.7. The third kappa shape index (κ3) is 5.20. The van der Waals surface area contributed by atoms with Crippen LogP contribution in [0.3, 0.4) is 0 Å². The highest BCUT2D eigenvalue weighted by atomic mass is 15.0. The molecule has 0 spiro atoms. The normalized spacial score (nSPS) is 22.4. The van der Waals surface area contributed by atoms with E-state index in [4.69, 9.17) is 15.0 Å². The van der Waals surface area contributed by atoms with Gasteiger partial charge >= 0.3 is 0 Å². The number of aromatic nitrogens is 3. The largest absolute Gasteiger partial charge is 0.208 e. The topological polar surface area (TPSA) is 62.5 Å². The van der Waals surface area contributed by atoms with E-state index in [0.29, 0.717) is 28.5 Å². The molecule has 232 valence electrons. The van der Waals surface area contributed by atoms with E-state index in [1.807, 2.05) is 30.3 Å². The number of benzene rings is 5. The van der Waals surface area contributed by atoms with Gasteiger partial charge in [-0.2, -0.15) is 5.26 Å². The monoisotopic (exact) mass is 620 g/mol. The van der Waals surface area contributed by atoms with Crippen molar-refractivity contribution in [2.45, 2.75) is 43.9 Å². The lowest BCUT2D eigenvalue weighted by Gasteiger charge is -2.57. The van der Waals surface area contributed by atoms with Gasteiger partial charge in [0.15, 0.2) is 17.5 Å². The Kier molecular flexibility index (Phi) is 7.01. The molecule has 4 nitrogen and oxygen atoms in total. The van der Waals surface area contributed by atoms with Crippen LogP contribution in [0.5, 0.6) is 0 Å². The molecule has 0 atom stereocenters. The molecule has 0 amide bonds. The summed E-state index contributed by atoms with van der Waals surface area (Å²) >= 11 is 0. The molecule has 0 aliphatic heterocycles. The van der Waals surface area contributed by atoms with Gasteiger partial charge in [0, 0.05) is 16.7 Å². The number of hydrogen-bond donors (Lipinski definition) is 0. The van der Waals surface area contributed by atoms with Crippen molar-refractivity contribution in [2.75, 3.05) is 0 Å². The van der Waals surface area contributed by atoms with Gasteiger partial charge in [-0.25, -0.2) is 15.0 Å². The molecule has 0 unspecified atom stereocenters. The maximum absolute atomic E-state index is 9.20. The number of hydrogen-bond acceptors (Lipinski definition) is 4. The van der Waals surface area contributed by atoms with Crippen molar-refractivity contribution in [2.24, 2.45) is 17.8 Å². The van der Waals surface area contributed by atoms with Crippen molar-refractivity contribution >= 4 is 0 Å². The second-order valence-corrected chi connectivity index (χ2v) is 14.3. The minimum absolute atomic E-state index is 0.355. The molecule has 4 bridgehead atoms. The fourth-order valence-electron chi connectivity index (χ4n) is 9.29. The van der Waals surface area contributed by atoms with Gasteiger partial charge in [-0.3, -0.25) is 0 Å². The predicted molar refractivity (Wildman–Crippen MR) is 192 cm³/mol. The first-order valence-electron chi connectivity index (χ1n) is 17.3. The highest BCUT2D eigenvalue weighted by molar-refractivity contribution is 5.82. The summed E-state index contributed by atoms with van der Waals surface area (Å²) in [5, 5.41) is 9.20. The first-order valence-corrected chi connectivity index (χ1v) is 17.3. The zero-order valence-corrected chi connectivity index (χ0v) is 26.9. The van der Waals surface area contributed by atoms with E-state index < -0.39 is 0 Å². The Morgan fingerprint density at radius 1 is 0.458 bits per heavy atom. The summed E-state index contributed by atoms with van der Waals surface area (Å²) < 4.78 is 0. The van der Waals surface area contributed by atoms with Crippen LogP contribution in [-0.2, 0) is 5.41 Å². The van der Waals surface area contributed by atoms with Crippen molar-refractivity contribution in [3.63, 3.8) is 0 Å². The Morgan fingerprint density at radius 2 is 0.917 bits per heavy atom. The molecule has 48 heavy (non-hydrogen) atoms. The second-order valence-electron chi connectivity index (χ2n) is 14.3. The zero-order valence-electron chi connectivity index (χ0n) is 26.9. The van der Waals surface area contributed by atoms with Gasteiger partial charge in [-0.1, -0.05) is 115 Å². The smallest absolute Gasteiger partial charge is 0.164 e. The van der Waals surface area contributed by atoms with Gasteiger partial charge in [0.05, 0.1) is 11.6 Å². The van der Waals surface area contributed by atoms with Gasteiger partial charge in [-0.05, 0) is 102 Å². The molecule has 4 aliphatic rings. The lowest BCUT2D eigenvalue weighted by molar-refractivity contribution is -0.00518. The maximum atomic E-state index is 9.20. The standard InChI is InChI=1S/C44H36N4/c45-28-29-10-12-33(13-11-29)34-14-16-36(17-15-34)41-46-42(48-43(47-41)40-9-5-4-8-39(40)35-6-2-1-3-7-35)37-18-20-38(21-19-37)44-25-30-22-31(26-44)24-32(23-30)27-44/h1-21,30-32H,22-27H2/t30-,31+,32?,44?. The summed E-state index contributed by atoms with van der Waals surface area (Å²) in [6.45, 7) is 0. The van der Waals surface area contributed by atoms with Crippen molar-refractivity contribution in [1.29, 1.82) is 5.26 Å². The Hall–Kier alpha value is -5.40. The van der Waals surface area contributed by atoms with Gasteiger partial charge in [0.1, 0.15) is 0 Å². The molecule has 5 aromatic carbocycles. The molecule has 1 aromatic heterocycles. The highest BCUT2D eigenvalue weighted by Gasteiger charge is 2.51. The molecular weight excluding hydrogens is 585 g/mol. The Bertz CT molecular complexity index is 2110. The Morgan fingerprint density at radius 3 is 1.48 bits per heavy atom. The predicted octanol–water partition coefficient (Wildman–Crippen LogP) is 10.5. The van der Waals surface area contributed by atoms with Crippen LogP contribution in [0.1, 0.15) is 49.7 Å². The van der Waals surface area contributed by atoms with Crippen LogP contribution in [0.2, 0.25) is 0 Å². The van der Waals surface area contributed by atoms with Crippen LogP contribution in [-0.4, -0.2) is 15.0 Å². The number of nitrogens with zero attached hydrogens (tertiary/aromatic N) is 4. The molecular formula is C44H36N4. The average molecular weight is 621 g/mol. The minimum atomic E-state index is 0.355. The van der Waals surface area contributed by atoms with E-state index in [9.17, 15) is 5.26 Å². The summed E-state index contributed by atoms with van der Waals surface area (Å²) in [6, 6.07) is 46.3. The summed E-state index contributed by atoms with van der Waals surface area (Å²) in [4.78, 5) is 15.3. The fourth-order valence-corrected chi connectivity index (χ4v) is 9.29. The van der Waals surface area contributed by atoms with Gasteiger partial charge in [-0.15, -0.1) is 0 Å². The lowest BCUT2D eigenvalue weighted by Crippen LogP contribution is -2.48. The van der Waals surface area contributed by atoms with Crippen LogP contribution in [0, 0.1) is 29.1 Å². The fraction of sp³-hybridized carbons (Fsp3) is 0.227.